The van der Waals surface area contributed by atoms with Gasteiger partial charge in [-0.15, -0.1) is 0 Å². The van der Waals surface area contributed by atoms with E-state index in [1.165, 1.54) is 0 Å². The van der Waals surface area contributed by atoms with Gasteiger partial charge in [0, 0.05) is 29.2 Å². The zero-order chi connectivity index (χ0) is 22.8. The van der Waals surface area contributed by atoms with Crippen molar-refractivity contribution in [3.05, 3.63) is 71.4 Å². The molecular weight excluding hydrogens is 404 g/mol. The molecule has 1 amide bonds. The number of Topliss-reactive ketones (excluding diaryl/α,β-unsaturated/α-hetero) is 1. The van der Waals surface area contributed by atoms with Gasteiger partial charge in [0.05, 0.1) is 18.2 Å². The van der Waals surface area contributed by atoms with Gasteiger partial charge in [0.1, 0.15) is 11.5 Å². The number of hydrogen-bond donors (Lipinski definition) is 2. The van der Waals surface area contributed by atoms with Gasteiger partial charge in [-0.2, -0.15) is 0 Å². The highest BCUT2D eigenvalue weighted by Gasteiger charge is 2.46. The molecule has 6 heteroatoms. The Morgan fingerprint density at radius 3 is 2.69 bits per heavy atom. The average molecular weight is 433 g/mol. The summed E-state index contributed by atoms with van der Waals surface area (Å²) in [5.41, 5.74) is 2.19. The SMILES string of the molecule is CCCN1C(=O)C(=O)/C(=C(\O)c2c[nH]c3ccccc23)C1c1cccc(OCC(C)C)c1. The van der Waals surface area contributed by atoms with E-state index >= 15 is 0 Å². The number of carbonyl (C=O) groups is 2. The fourth-order valence-corrected chi connectivity index (χ4v) is 4.15. The Kier molecular flexibility index (Phi) is 6.04. The van der Waals surface area contributed by atoms with Gasteiger partial charge in [-0.05, 0) is 36.1 Å². The first-order valence-electron chi connectivity index (χ1n) is 11.0. The summed E-state index contributed by atoms with van der Waals surface area (Å²) in [6.07, 6.45) is 2.37. The molecule has 0 saturated carbocycles. The maximum atomic E-state index is 13.1. The smallest absolute Gasteiger partial charge is 0.295 e. The van der Waals surface area contributed by atoms with Gasteiger partial charge < -0.3 is 19.7 Å². The molecule has 2 heterocycles. The van der Waals surface area contributed by atoms with Crippen molar-refractivity contribution in [2.75, 3.05) is 13.2 Å². The standard InChI is InChI=1S/C26H28N2O4/c1-4-12-28-23(17-8-7-9-18(13-17)32-15-16(2)3)22(25(30)26(28)31)24(29)20-14-27-21-11-6-5-10-19(20)21/h5-11,13-14,16,23,27,29H,4,12,15H2,1-3H3/b24-22-. The molecule has 4 rings (SSSR count). The van der Waals surface area contributed by atoms with E-state index in [1.807, 2.05) is 55.5 Å². The molecule has 1 saturated heterocycles. The summed E-state index contributed by atoms with van der Waals surface area (Å²) in [6, 6.07) is 14.3. The molecule has 1 aromatic heterocycles. The molecule has 0 radical (unpaired) electrons. The van der Waals surface area contributed by atoms with E-state index in [0.29, 0.717) is 36.8 Å². The number of ether oxygens (including phenoxy) is 1. The highest BCUT2D eigenvalue weighted by atomic mass is 16.5. The minimum Gasteiger partial charge on any atom is -0.507 e. The number of nitrogens with one attached hydrogen (secondary N) is 1. The Labute approximate surface area is 187 Å². The van der Waals surface area contributed by atoms with E-state index in [-0.39, 0.29) is 11.3 Å². The summed E-state index contributed by atoms with van der Waals surface area (Å²) in [6.45, 7) is 7.07. The van der Waals surface area contributed by atoms with Gasteiger partial charge in [-0.3, -0.25) is 9.59 Å². The number of amides is 1. The van der Waals surface area contributed by atoms with Crippen molar-refractivity contribution in [1.29, 1.82) is 0 Å². The van der Waals surface area contributed by atoms with E-state index in [0.717, 1.165) is 16.5 Å². The van der Waals surface area contributed by atoms with Gasteiger partial charge >= 0.3 is 0 Å². The monoisotopic (exact) mass is 432 g/mol. The van der Waals surface area contributed by atoms with Crippen LogP contribution >= 0.6 is 0 Å². The van der Waals surface area contributed by atoms with Gasteiger partial charge in [0.25, 0.3) is 11.7 Å². The van der Waals surface area contributed by atoms with Crippen LogP contribution in [0.4, 0.5) is 0 Å². The molecule has 1 aliphatic heterocycles. The number of ketones is 1. The molecule has 0 aliphatic carbocycles. The second-order valence-electron chi connectivity index (χ2n) is 8.52. The Hall–Kier alpha value is -3.54. The Balaban J connectivity index is 1.85. The van der Waals surface area contributed by atoms with E-state index < -0.39 is 17.7 Å². The second-order valence-corrected chi connectivity index (χ2v) is 8.52. The number of aliphatic hydroxyl groups excluding tert-OH is 1. The number of para-hydroxylation sites is 1. The zero-order valence-electron chi connectivity index (χ0n) is 18.6. The van der Waals surface area contributed by atoms with E-state index in [4.69, 9.17) is 4.74 Å². The number of H-pyrrole nitrogens is 1. The highest BCUT2D eigenvalue weighted by Crippen LogP contribution is 2.41. The molecule has 1 unspecified atom stereocenters. The molecule has 1 atom stereocenters. The van der Waals surface area contributed by atoms with Crippen molar-refractivity contribution >= 4 is 28.4 Å². The molecule has 0 spiro atoms. The van der Waals surface area contributed by atoms with Crippen LogP contribution in [0.2, 0.25) is 0 Å². The lowest BCUT2D eigenvalue weighted by Gasteiger charge is -2.25. The van der Waals surface area contributed by atoms with E-state index in [9.17, 15) is 14.7 Å². The summed E-state index contributed by atoms with van der Waals surface area (Å²) in [5, 5.41) is 12.1. The van der Waals surface area contributed by atoms with Crippen LogP contribution < -0.4 is 4.74 Å². The lowest BCUT2D eigenvalue weighted by atomic mass is 9.95. The quantitative estimate of drug-likeness (QED) is 0.311. The summed E-state index contributed by atoms with van der Waals surface area (Å²) in [7, 11) is 0. The van der Waals surface area contributed by atoms with Crippen LogP contribution in [-0.2, 0) is 9.59 Å². The topological polar surface area (TPSA) is 82.6 Å². The number of nitrogens with zero attached hydrogens (tertiary/aromatic N) is 1. The number of aromatic nitrogens is 1. The number of likely N-dealkylation sites (tertiary alicyclic amines) is 1. The summed E-state index contributed by atoms with van der Waals surface area (Å²) in [4.78, 5) is 30.7. The molecule has 6 nitrogen and oxygen atoms in total. The second kappa shape index (κ2) is 8.91. The molecule has 2 N–H and O–H groups in total. The first-order valence-corrected chi connectivity index (χ1v) is 11.0. The number of rotatable bonds is 7. The maximum Gasteiger partial charge on any atom is 0.295 e. The minimum absolute atomic E-state index is 0.106. The Morgan fingerprint density at radius 1 is 1.16 bits per heavy atom. The molecule has 1 fully saturated rings. The molecule has 1 aliphatic rings. The van der Waals surface area contributed by atoms with Crippen molar-refractivity contribution in [3.8, 4) is 5.75 Å². The zero-order valence-corrected chi connectivity index (χ0v) is 18.6. The summed E-state index contributed by atoms with van der Waals surface area (Å²) >= 11 is 0. The highest BCUT2D eigenvalue weighted by molar-refractivity contribution is 6.46. The molecule has 32 heavy (non-hydrogen) atoms. The maximum absolute atomic E-state index is 13.1. The normalized spacial score (nSPS) is 18.1. The van der Waals surface area contributed by atoms with Gasteiger partial charge in [0.15, 0.2) is 0 Å². The Morgan fingerprint density at radius 2 is 1.94 bits per heavy atom. The molecule has 0 bridgehead atoms. The number of hydrogen-bond acceptors (Lipinski definition) is 4. The number of aromatic amines is 1. The average Bonchev–Trinajstić information content (AvgIpc) is 3.32. The lowest BCUT2D eigenvalue weighted by molar-refractivity contribution is -0.139. The number of fused-ring (bicyclic) bond motifs is 1. The third kappa shape index (κ3) is 3.88. The van der Waals surface area contributed by atoms with Crippen molar-refractivity contribution < 1.29 is 19.4 Å². The largest absolute Gasteiger partial charge is 0.507 e. The molecule has 3 aromatic rings. The molecule has 2 aromatic carbocycles. The number of aliphatic hydroxyl groups is 1. The van der Waals surface area contributed by atoms with Gasteiger partial charge in [-0.1, -0.05) is 51.1 Å². The molecule has 166 valence electrons. The lowest BCUT2D eigenvalue weighted by Crippen LogP contribution is -2.30. The van der Waals surface area contributed by atoms with Crippen molar-refractivity contribution in [1.82, 2.24) is 9.88 Å². The number of benzene rings is 2. The van der Waals surface area contributed by atoms with Crippen LogP contribution in [0.3, 0.4) is 0 Å². The van der Waals surface area contributed by atoms with Gasteiger partial charge in [0.2, 0.25) is 0 Å². The Bertz CT molecular complexity index is 1190. The third-order valence-corrected chi connectivity index (χ3v) is 5.61. The van der Waals surface area contributed by atoms with Crippen LogP contribution in [0.1, 0.15) is 44.4 Å². The molecular formula is C26H28N2O4. The predicted molar refractivity (Wildman–Crippen MR) is 124 cm³/mol. The van der Waals surface area contributed by atoms with Crippen molar-refractivity contribution in [2.24, 2.45) is 5.92 Å². The first kappa shape index (κ1) is 21.7. The van der Waals surface area contributed by atoms with E-state index in [2.05, 4.69) is 18.8 Å². The van der Waals surface area contributed by atoms with Crippen molar-refractivity contribution in [3.63, 3.8) is 0 Å². The van der Waals surface area contributed by atoms with Crippen LogP contribution in [0, 0.1) is 5.92 Å². The van der Waals surface area contributed by atoms with Crippen molar-refractivity contribution in [2.45, 2.75) is 33.2 Å². The van der Waals surface area contributed by atoms with Crippen LogP contribution in [0.25, 0.3) is 16.7 Å². The fourth-order valence-electron chi connectivity index (χ4n) is 4.15. The third-order valence-electron chi connectivity index (χ3n) is 5.61. The van der Waals surface area contributed by atoms with E-state index in [1.54, 1.807) is 11.1 Å². The van der Waals surface area contributed by atoms with Gasteiger partial charge in [-0.25, -0.2) is 0 Å². The minimum atomic E-state index is -0.675. The predicted octanol–water partition coefficient (Wildman–Crippen LogP) is 5.03. The number of carbonyl (C=O) groups excluding carboxylic acids is 2. The fraction of sp³-hybridized carbons (Fsp3) is 0.308. The van der Waals surface area contributed by atoms with Crippen LogP contribution in [0.5, 0.6) is 5.75 Å². The van der Waals surface area contributed by atoms with Crippen LogP contribution in [-0.4, -0.2) is 39.8 Å². The first-order chi connectivity index (χ1) is 15.4. The summed E-state index contributed by atoms with van der Waals surface area (Å²) < 4.78 is 5.87. The van der Waals surface area contributed by atoms with Crippen LogP contribution in [0.15, 0.2) is 60.3 Å². The summed E-state index contributed by atoms with van der Waals surface area (Å²) in [5.74, 6) is -0.388.